The van der Waals surface area contributed by atoms with Crippen LogP contribution in [0.25, 0.3) is 11.3 Å². The monoisotopic (exact) mass is 413 g/mol. The van der Waals surface area contributed by atoms with Crippen molar-refractivity contribution < 1.29 is 22.7 Å². The van der Waals surface area contributed by atoms with Crippen LogP contribution < -0.4 is 4.74 Å². The van der Waals surface area contributed by atoms with Gasteiger partial charge in [-0.05, 0) is 55.3 Å². The van der Waals surface area contributed by atoms with Crippen molar-refractivity contribution in [2.24, 2.45) is 0 Å². The molecule has 3 aromatic rings. The second-order valence-corrected chi connectivity index (χ2v) is 8.24. The smallest absolute Gasteiger partial charge is 0.311 e. The van der Waals surface area contributed by atoms with Gasteiger partial charge in [-0.2, -0.15) is 0 Å². The Balaban J connectivity index is 2.21. The highest BCUT2D eigenvalue weighted by atomic mass is 32.2. The van der Waals surface area contributed by atoms with E-state index in [2.05, 4.69) is 0 Å². The summed E-state index contributed by atoms with van der Waals surface area (Å²) in [6.45, 7) is 3.74. The molecule has 2 aromatic carbocycles. The molecule has 152 valence electrons. The molecular weight excluding hydrogens is 390 g/mol. The van der Waals surface area contributed by atoms with Crippen molar-refractivity contribution in [1.82, 2.24) is 3.97 Å². The minimum absolute atomic E-state index is 0.108. The van der Waals surface area contributed by atoms with Crippen LogP contribution in [0.15, 0.2) is 65.6 Å². The molecule has 0 unspecified atom stereocenters. The van der Waals surface area contributed by atoms with Gasteiger partial charge in [0.1, 0.15) is 5.75 Å². The van der Waals surface area contributed by atoms with Crippen LogP contribution in [-0.2, 0) is 26.0 Å². The zero-order valence-corrected chi connectivity index (χ0v) is 17.4. The highest BCUT2D eigenvalue weighted by Crippen LogP contribution is 2.31. The molecule has 0 aliphatic carbocycles. The Morgan fingerprint density at radius 3 is 2.28 bits per heavy atom. The fourth-order valence-corrected chi connectivity index (χ4v) is 4.76. The normalized spacial score (nSPS) is 11.3. The van der Waals surface area contributed by atoms with Crippen LogP contribution in [0.5, 0.6) is 5.75 Å². The second kappa shape index (κ2) is 8.53. The molecule has 0 fully saturated rings. The largest absolute Gasteiger partial charge is 0.497 e. The van der Waals surface area contributed by atoms with Crippen LogP contribution in [0.1, 0.15) is 18.2 Å². The number of esters is 1. The number of benzene rings is 2. The molecule has 0 aliphatic rings. The lowest BCUT2D eigenvalue weighted by Crippen LogP contribution is -2.20. The summed E-state index contributed by atoms with van der Waals surface area (Å²) in [6, 6.07) is 17.2. The number of hydrogen-bond acceptors (Lipinski definition) is 5. The average molecular weight is 413 g/mol. The summed E-state index contributed by atoms with van der Waals surface area (Å²) >= 11 is 0. The van der Waals surface area contributed by atoms with Crippen LogP contribution in [0, 0.1) is 6.92 Å². The molecule has 0 saturated heterocycles. The zero-order chi connectivity index (χ0) is 21.0. The molecule has 0 radical (unpaired) electrons. The first-order valence-electron chi connectivity index (χ1n) is 9.20. The topological polar surface area (TPSA) is 74.6 Å². The van der Waals surface area contributed by atoms with Gasteiger partial charge in [0.25, 0.3) is 10.0 Å². The van der Waals surface area contributed by atoms with Crippen LogP contribution in [0.3, 0.4) is 0 Å². The highest BCUT2D eigenvalue weighted by Gasteiger charge is 2.27. The van der Waals surface area contributed by atoms with Crippen LogP contribution in [0.2, 0.25) is 0 Å². The third kappa shape index (κ3) is 4.19. The van der Waals surface area contributed by atoms with Crippen molar-refractivity contribution in [2.45, 2.75) is 25.2 Å². The summed E-state index contributed by atoms with van der Waals surface area (Å²) in [6.07, 6.45) is -0.137. The second-order valence-electron chi connectivity index (χ2n) is 6.45. The van der Waals surface area contributed by atoms with Crippen molar-refractivity contribution in [3.63, 3.8) is 0 Å². The summed E-state index contributed by atoms with van der Waals surface area (Å²) in [5.41, 5.74) is 2.33. The number of carbonyl (C=O) groups is 1. The summed E-state index contributed by atoms with van der Waals surface area (Å²) in [7, 11) is -2.44. The number of rotatable bonds is 7. The molecule has 0 saturated carbocycles. The maximum Gasteiger partial charge on any atom is 0.311 e. The molecule has 0 spiro atoms. The number of hydrogen-bond donors (Lipinski definition) is 0. The predicted molar refractivity (Wildman–Crippen MR) is 111 cm³/mol. The number of carbonyl (C=O) groups excluding carboxylic acids is 1. The first-order valence-corrected chi connectivity index (χ1v) is 10.6. The van der Waals surface area contributed by atoms with E-state index in [0.29, 0.717) is 22.7 Å². The van der Waals surface area contributed by atoms with E-state index in [9.17, 15) is 13.2 Å². The number of aryl methyl sites for hydroxylation is 1. The Hall–Kier alpha value is -3.06. The first-order chi connectivity index (χ1) is 13.9. The van der Waals surface area contributed by atoms with Gasteiger partial charge in [0.15, 0.2) is 0 Å². The summed E-state index contributed by atoms with van der Waals surface area (Å²) < 4.78 is 38.6. The lowest BCUT2D eigenvalue weighted by atomic mass is 10.1. The predicted octanol–water partition coefficient (Wildman–Crippen LogP) is 3.81. The van der Waals surface area contributed by atoms with E-state index in [1.165, 1.54) is 23.2 Å². The molecule has 0 bridgehead atoms. The van der Waals surface area contributed by atoms with Gasteiger partial charge in [-0.25, -0.2) is 12.4 Å². The highest BCUT2D eigenvalue weighted by molar-refractivity contribution is 7.90. The molecule has 3 rings (SSSR count). The summed E-state index contributed by atoms with van der Waals surface area (Å²) in [4.78, 5) is 12.3. The first kappa shape index (κ1) is 20.7. The van der Waals surface area contributed by atoms with Crippen molar-refractivity contribution >= 4 is 16.0 Å². The Labute approximate surface area is 170 Å². The van der Waals surface area contributed by atoms with E-state index in [-0.39, 0.29) is 17.9 Å². The lowest BCUT2D eigenvalue weighted by Gasteiger charge is -2.15. The fourth-order valence-electron chi connectivity index (χ4n) is 3.15. The minimum atomic E-state index is -3.96. The Kier molecular flexibility index (Phi) is 6.08. The maximum absolute atomic E-state index is 13.6. The van der Waals surface area contributed by atoms with Gasteiger partial charge in [0, 0.05) is 5.69 Å². The molecule has 0 atom stereocenters. The van der Waals surface area contributed by atoms with Crippen molar-refractivity contribution in [3.8, 4) is 17.0 Å². The van der Waals surface area contributed by atoms with Crippen LogP contribution in [0.4, 0.5) is 0 Å². The van der Waals surface area contributed by atoms with Crippen molar-refractivity contribution in [1.29, 1.82) is 0 Å². The quantitative estimate of drug-likeness (QED) is 0.551. The van der Waals surface area contributed by atoms with Gasteiger partial charge in [-0.1, -0.05) is 30.3 Å². The minimum Gasteiger partial charge on any atom is -0.497 e. The molecule has 7 heteroatoms. The molecule has 29 heavy (non-hydrogen) atoms. The number of methoxy groups -OCH3 is 1. The summed E-state index contributed by atoms with van der Waals surface area (Å²) in [5.74, 6) is 0.0853. The van der Waals surface area contributed by atoms with Gasteiger partial charge in [-0.15, -0.1) is 0 Å². The number of nitrogens with zero attached hydrogens (tertiary/aromatic N) is 1. The number of ether oxygens (including phenoxy) is 2. The van der Waals surface area contributed by atoms with Crippen LogP contribution in [-0.4, -0.2) is 32.1 Å². The Morgan fingerprint density at radius 1 is 1.03 bits per heavy atom. The molecule has 6 nitrogen and oxygen atoms in total. The lowest BCUT2D eigenvalue weighted by molar-refractivity contribution is -0.142. The zero-order valence-electron chi connectivity index (χ0n) is 16.6. The van der Waals surface area contributed by atoms with E-state index in [0.717, 1.165) is 5.56 Å². The van der Waals surface area contributed by atoms with E-state index >= 15 is 0 Å². The van der Waals surface area contributed by atoms with Gasteiger partial charge in [0.05, 0.1) is 30.7 Å². The molecule has 0 aliphatic heterocycles. The van der Waals surface area contributed by atoms with E-state index in [4.69, 9.17) is 9.47 Å². The van der Waals surface area contributed by atoms with E-state index in [1.54, 1.807) is 32.0 Å². The fraction of sp³-hybridized carbons (Fsp3) is 0.227. The van der Waals surface area contributed by atoms with Crippen molar-refractivity contribution in [3.05, 3.63) is 71.9 Å². The molecule has 1 heterocycles. The molecule has 0 amide bonds. The number of aromatic nitrogens is 1. The van der Waals surface area contributed by atoms with Gasteiger partial charge in [0.2, 0.25) is 0 Å². The van der Waals surface area contributed by atoms with Gasteiger partial charge >= 0.3 is 5.97 Å². The van der Waals surface area contributed by atoms with Gasteiger partial charge in [-0.3, -0.25) is 4.79 Å². The Bertz CT molecular complexity index is 1100. The van der Waals surface area contributed by atoms with Crippen molar-refractivity contribution in [2.75, 3.05) is 13.7 Å². The maximum atomic E-state index is 13.6. The SMILES string of the molecule is CCOC(=O)Cc1c(C)cc(-c2ccccc2)n1S(=O)(=O)c1ccc(OC)cc1. The third-order valence-electron chi connectivity index (χ3n) is 4.56. The van der Waals surface area contributed by atoms with E-state index in [1.807, 2.05) is 30.3 Å². The molecule has 0 N–H and O–H groups in total. The third-order valence-corrected chi connectivity index (χ3v) is 6.32. The van der Waals surface area contributed by atoms with Crippen LogP contribution >= 0.6 is 0 Å². The van der Waals surface area contributed by atoms with E-state index < -0.39 is 16.0 Å². The summed E-state index contributed by atoms with van der Waals surface area (Å²) in [5, 5.41) is 0. The molecular formula is C22H23NO5S. The standard InChI is InChI=1S/C22H23NO5S/c1-4-28-22(24)15-20-16(2)14-21(17-8-6-5-7-9-17)23(20)29(25,26)19-12-10-18(27-3)11-13-19/h5-14H,4,15H2,1-3H3. The molecule has 1 aromatic heterocycles. The Morgan fingerprint density at radius 2 is 1.69 bits per heavy atom. The van der Waals surface area contributed by atoms with Gasteiger partial charge < -0.3 is 9.47 Å². The average Bonchev–Trinajstić information content (AvgIpc) is 3.05.